The van der Waals surface area contributed by atoms with Gasteiger partial charge in [0, 0.05) is 12.6 Å². The van der Waals surface area contributed by atoms with Crippen molar-refractivity contribution < 1.29 is 0 Å². The second-order valence-corrected chi connectivity index (χ2v) is 5.24. The fourth-order valence-electron chi connectivity index (χ4n) is 1.59. The van der Waals surface area contributed by atoms with E-state index < -0.39 is 0 Å². The second-order valence-electron chi connectivity index (χ2n) is 3.69. The molecule has 1 aromatic heterocycles. The summed E-state index contributed by atoms with van der Waals surface area (Å²) < 4.78 is 0. The van der Waals surface area contributed by atoms with E-state index in [-0.39, 0.29) is 0 Å². The number of rotatable bonds is 3. The minimum absolute atomic E-state index is 0.583. The fraction of sp³-hybridized carbons (Fsp3) is 0.455. The van der Waals surface area contributed by atoms with Crippen LogP contribution in [0, 0.1) is 11.5 Å². The average Bonchev–Trinajstić information content (AvgIpc) is 3.01. The van der Waals surface area contributed by atoms with E-state index in [1.54, 1.807) is 23.1 Å². The van der Waals surface area contributed by atoms with Crippen LogP contribution >= 0.6 is 23.1 Å². The third kappa shape index (κ3) is 2.77. The molecule has 0 aromatic carbocycles. The monoisotopic (exact) mass is 251 g/mol. The van der Waals surface area contributed by atoms with Crippen LogP contribution in [0.1, 0.15) is 18.4 Å². The predicted molar refractivity (Wildman–Crippen MR) is 69.4 cm³/mol. The van der Waals surface area contributed by atoms with Gasteiger partial charge >= 0.3 is 0 Å². The summed E-state index contributed by atoms with van der Waals surface area (Å²) in [4.78, 5) is 6.15. The predicted octanol–water partition coefficient (Wildman–Crippen LogP) is 2.91. The van der Waals surface area contributed by atoms with Gasteiger partial charge in [0.1, 0.15) is 0 Å². The first kappa shape index (κ1) is 11.5. The molecule has 5 heteroatoms. The van der Waals surface area contributed by atoms with Gasteiger partial charge in [0.05, 0.1) is 0 Å². The maximum atomic E-state index is 8.67. The van der Waals surface area contributed by atoms with E-state index in [0.29, 0.717) is 6.04 Å². The highest BCUT2D eigenvalue weighted by Gasteiger charge is 2.31. The number of thioether (sulfide) groups is 1. The first-order chi connectivity index (χ1) is 7.85. The Balaban J connectivity index is 2.11. The SMILES string of the molecule is CSC(=NC#N)N(Cc1ccsc1)C1CC1. The summed E-state index contributed by atoms with van der Waals surface area (Å²) in [6.45, 7) is 0.871. The number of amidine groups is 1. The third-order valence-corrected chi connectivity index (χ3v) is 3.92. The molecule has 84 valence electrons. The molecule has 0 atom stereocenters. The molecule has 0 amide bonds. The molecule has 0 radical (unpaired) electrons. The molecule has 1 heterocycles. The fourth-order valence-corrected chi connectivity index (χ4v) is 2.83. The molecule has 16 heavy (non-hydrogen) atoms. The zero-order valence-corrected chi connectivity index (χ0v) is 10.7. The molecular weight excluding hydrogens is 238 g/mol. The largest absolute Gasteiger partial charge is 0.343 e. The van der Waals surface area contributed by atoms with Gasteiger partial charge in [-0.3, -0.25) is 0 Å². The quantitative estimate of drug-likeness (QED) is 0.471. The second kappa shape index (κ2) is 5.37. The lowest BCUT2D eigenvalue weighted by atomic mass is 10.3. The Morgan fingerprint density at radius 3 is 3.06 bits per heavy atom. The van der Waals surface area contributed by atoms with Crippen molar-refractivity contribution in [3.05, 3.63) is 22.4 Å². The van der Waals surface area contributed by atoms with E-state index in [0.717, 1.165) is 11.7 Å². The summed E-state index contributed by atoms with van der Waals surface area (Å²) in [6, 6.07) is 2.71. The number of thiophene rings is 1. The molecule has 0 unspecified atom stereocenters. The molecule has 1 aliphatic rings. The highest BCUT2D eigenvalue weighted by Crippen LogP contribution is 2.30. The molecule has 3 nitrogen and oxygen atoms in total. The normalized spacial score (nSPS) is 15.9. The Morgan fingerprint density at radius 2 is 2.56 bits per heavy atom. The topological polar surface area (TPSA) is 39.4 Å². The molecule has 0 aliphatic heterocycles. The number of nitrogens with zero attached hydrogens (tertiary/aromatic N) is 3. The van der Waals surface area contributed by atoms with Crippen molar-refractivity contribution in [1.82, 2.24) is 4.90 Å². The van der Waals surface area contributed by atoms with Gasteiger partial charge in [0.15, 0.2) is 5.17 Å². The van der Waals surface area contributed by atoms with Crippen molar-refractivity contribution in [3.8, 4) is 6.19 Å². The average molecular weight is 251 g/mol. The summed E-state index contributed by atoms with van der Waals surface area (Å²) in [5.41, 5.74) is 1.30. The summed E-state index contributed by atoms with van der Waals surface area (Å²) in [5.74, 6) is 0. The molecule has 2 rings (SSSR count). The van der Waals surface area contributed by atoms with E-state index in [9.17, 15) is 0 Å². The van der Waals surface area contributed by atoms with E-state index in [1.807, 2.05) is 12.4 Å². The first-order valence-electron chi connectivity index (χ1n) is 5.13. The Bertz CT molecular complexity index is 401. The Morgan fingerprint density at radius 1 is 1.75 bits per heavy atom. The van der Waals surface area contributed by atoms with Crippen LogP contribution in [0.15, 0.2) is 21.8 Å². The van der Waals surface area contributed by atoms with Gasteiger partial charge in [0.25, 0.3) is 0 Å². The van der Waals surface area contributed by atoms with Crippen LogP contribution in [-0.4, -0.2) is 22.4 Å². The van der Waals surface area contributed by atoms with E-state index in [1.165, 1.54) is 18.4 Å². The van der Waals surface area contributed by atoms with Crippen molar-refractivity contribution >= 4 is 28.3 Å². The number of aliphatic imine (C=N–C) groups is 1. The van der Waals surface area contributed by atoms with Crippen LogP contribution in [-0.2, 0) is 6.54 Å². The standard InChI is InChI=1S/C11H13N3S2/c1-15-11(13-8-12)14(10-2-3-10)6-9-4-5-16-7-9/h4-5,7,10H,2-3,6H2,1H3. The van der Waals surface area contributed by atoms with Gasteiger partial charge in [-0.15, -0.1) is 4.99 Å². The zero-order valence-electron chi connectivity index (χ0n) is 9.09. The lowest BCUT2D eigenvalue weighted by molar-refractivity contribution is 0.412. The molecule has 0 N–H and O–H groups in total. The van der Waals surface area contributed by atoms with Crippen molar-refractivity contribution in [2.45, 2.75) is 25.4 Å². The molecule has 0 spiro atoms. The minimum atomic E-state index is 0.583. The molecular formula is C11H13N3S2. The molecule has 1 aliphatic carbocycles. The van der Waals surface area contributed by atoms with Gasteiger partial charge in [0.2, 0.25) is 6.19 Å². The van der Waals surface area contributed by atoms with Crippen LogP contribution in [0.3, 0.4) is 0 Å². The van der Waals surface area contributed by atoms with Crippen LogP contribution in [0.2, 0.25) is 0 Å². The van der Waals surface area contributed by atoms with Crippen LogP contribution in [0.25, 0.3) is 0 Å². The Kier molecular flexibility index (Phi) is 3.86. The van der Waals surface area contributed by atoms with Gasteiger partial charge in [-0.25, -0.2) is 0 Å². The highest BCUT2D eigenvalue weighted by molar-refractivity contribution is 8.13. The lowest BCUT2D eigenvalue weighted by Gasteiger charge is -2.23. The van der Waals surface area contributed by atoms with Gasteiger partial charge in [-0.2, -0.15) is 16.6 Å². The number of hydrogen-bond donors (Lipinski definition) is 0. The Hall–Kier alpha value is -0.990. The highest BCUT2D eigenvalue weighted by atomic mass is 32.2. The maximum absolute atomic E-state index is 8.67. The molecule has 1 saturated carbocycles. The number of nitriles is 1. The summed E-state index contributed by atoms with van der Waals surface area (Å²) in [6.07, 6.45) is 6.30. The van der Waals surface area contributed by atoms with E-state index in [4.69, 9.17) is 5.26 Å². The van der Waals surface area contributed by atoms with Crippen LogP contribution in [0.4, 0.5) is 0 Å². The maximum Gasteiger partial charge on any atom is 0.208 e. The molecule has 0 bridgehead atoms. The Labute approximate surface area is 104 Å². The number of hydrogen-bond acceptors (Lipinski definition) is 4. The third-order valence-electron chi connectivity index (χ3n) is 2.49. The van der Waals surface area contributed by atoms with Gasteiger partial charge in [-0.05, 0) is 41.5 Å². The molecule has 0 saturated heterocycles. The van der Waals surface area contributed by atoms with Crippen LogP contribution in [0.5, 0.6) is 0 Å². The van der Waals surface area contributed by atoms with Gasteiger partial charge in [-0.1, -0.05) is 11.8 Å². The van der Waals surface area contributed by atoms with Crippen molar-refractivity contribution in [2.75, 3.05) is 6.26 Å². The van der Waals surface area contributed by atoms with Crippen LogP contribution < -0.4 is 0 Å². The minimum Gasteiger partial charge on any atom is -0.343 e. The molecule has 1 aromatic rings. The summed E-state index contributed by atoms with van der Waals surface area (Å²) >= 11 is 3.26. The van der Waals surface area contributed by atoms with Crippen molar-refractivity contribution in [2.24, 2.45) is 4.99 Å². The zero-order chi connectivity index (χ0) is 11.4. The lowest BCUT2D eigenvalue weighted by Crippen LogP contribution is -2.30. The smallest absolute Gasteiger partial charge is 0.208 e. The van der Waals surface area contributed by atoms with Crippen molar-refractivity contribution in [3.63, 3.8) is 0 Å². The van der Waals surface area contributed by atoms with Gasteiger partial charge < -0.3 is 4.90 Å². The van der Waals surface area contributed by atoms with Crippen molar-refractivity contribution in [1.29, 1.82) is 5.26 Å². The summed E-state index contributed by atoms with van der Waals surface area (Å²) in [5, 5.41) is 13.7. The summed E-state index contributed by atoms with van der Waals surface area (Å²) in [7, 11) is 0. The molecule has 1 fully saturated rings. The first-order valence-corrected chi connectivity index (χ1v) is 7.30. The van der Waals surface area contributed by atoms with E-state index >= 15 is 0 Å². The van der Waals surface area contributed by atoms with E-state index in [2.05, 4.69) is 26.7 Å².